The Labute approximate surface area is 89.4 Å². The van der Waals surface area contributed by atoms with Crippen LogP contribution in [0.2, 0.25) is 0 Å². The van der Waals surface area contributed by atoms with Gasteiger partial charge < -0.3 is 10.4 Å². The molecule has 0 aliphatic rings. The number of carboxylic acid groups (broad SMARTS) is 1. The third-order valence-electron chi connectivity index (χ3n) is 2.12. The van der Waals surface area contributed by atoms with E-state index in [1.807, 2.05) is 26.0 Å². The Morgan fingerprint density at radius 2 is 2.27 bits per heavy atom. The fraction of sp³-hybridized carbons (Fsp3) is 0.250. The third-order valence-corrected chi connectivity index (χ3v) is 2.12. The van der Waals surface area contributed by atoms with Gasteiger partial charge in [-0.25, -0.2) is 4.79 Å². The van der Waals surface area contributed by atoms with Crippen molar-refractivity contribution in [2.45, 2.75) is 13.8 Å². The van der Waals surface area contributed by atoms with Crippen LogP contribution in [0, 0.1) is 6.92 Å². The zero-order valence-corrected chi connectivity index (χ0v) is 8.95. The number of hydrogen-bond donors (Lipinski definition) is 2. The van der Waals surface area contributed by atoms with Crippen molar-refractivity contribution in [3.63, 3.8) is 0 Å². The van der Waals surface area contributed by atoms with E-state index in [2.05, 4.69) is 5.32 Å². The van der Waals surface area contributed by atoms with Gasteiger partial charge in [-0.3, -0.25) is 0 Å². The van der Waals surface area contributed by atoms with E-state index in [1.54, 1.807) is 18.2 Å². The van der Waals surface area contributed by atoms with Gasteiger partial charge in [0.05, 0.1) is 5.56 Å². The van der Waals surface area contributed by atoms with Crippen molar-refractivity contribution in [3.05, 3.63) is 41.5 Å². The fourth-order valence-corrected chi connectivity index (χ4v) is 1.28. The lowest BCUT2D eigenvalue weighted by Gasteiger charge is -2.07. The van der Waals surface area contributed by atoms with Crippen molar-refractivity contribution in [1.82, 2.24) is 0 Å². The Hall–Kier alpha value is -1.77. The number of hydrogen-bond acceptors (Lipinski definition) is 2. The van der Waals surface area contributed by atoms with E-state index in [-0.39, 0.29) is 0 Å². The second-order valence-electron chi connectivity index (χ2n) is 3.28. The van der Waals surface area contributed by atoms with Crippen molar-refractivity contribution in [2.24, 2.45) is 0 Å². The molecule has 3 nitrogen and oxygen atoms in total. The van der Waals surface area contributed by atoms with Gasteiger partial charge in [-0.2, -0.15) is 0 Å². The van der Waals surface area contributed by atoms with Crippen molar-refractivity contribution in [3.8, 4) is 0 Å². The van der Waals surface area contributed by atoms with Gasteiger partial charge in [-0.1, -0.05) is 12.2 Å². The summed E-state index contributed by atoms with van der Waals surface area (Å²) in [4.78, 5) is 10.7. The van der Waals surface area contributed by atoms with E-state index in [9.17, 15) is 4.79 Å². The lowest BCUT2D eigenvalue weighted by atomic mass is 10.1. The fourth-order valence-electron chi connectivity index (χ4n) is 1.28. The first-order valence-corrected chi connectivity index (χ1v) is 4.84. The van der Waals surface area contributed by atoms with Crippen LogP contribution in [0.4, 0.5) is 5.69 Å². The summed E-state index contributed by atoms with van der Waals surface area (Å²) in [5.41, 5.74) is 2.24. The second kappa shape index (κ2) is 5.20. The average Bonchev–Trinajstić information content (AvgIpc) is 2.20. The monoisotopic (exact) mass is 205 g/mol. The molecule has 1 rings (SSSR count). The van der Waals surface area contributed by atoms with E-state index in [0.717, 1.165) is 17.8 Å². The number of rotatable bonds is 4. The molecule has 80 valence electrons. The highest BCUT2D eigenvalue weighted by atomic mass is 16.4. The molecule has 2 N–H and O–H groups in total. The molecule has 0 amide bonds. The molecule has 0 saturated heterocycles. The molecule has 3 heteroatoms. The summed E-state index contributed by atoms with van der Waals surface area (Å²) < 4.78 is 0. The van der Waals surface area contributed by atoms with Crippen LogP contribution in [0.25, 0.3) is 0 Å². The molecule has 0 bridgehead atoms. The molecule has 0 heterocycles. The first kappa shape index (κ1) is 11.3. The van der Waals surface area contributed by atoms with Gasteiger partial charge in [0.15, 0.2) is 0 Å². The summed E-state index contributed by atoms with van der Waals surface area (Å²) in [5, 5.41) is 12.0. The van der Waals surface area contributed by atoms with Crippen molar-refractivity contribution < 1.29 is 9.90 Å². The normalized spacial score (nSPS) is 10.5. The largest absolute Gasteiger partial charge is 0.478 e. The number of carbonyl (C=O) groups is 1. The highest BCUT2D eigenvalue weighted by molar-refractivity contribution is 5.88. The lowest BCUT2D eigenvalue weighted by Crippen LogP contribution is -2.02. The number of carboxylic acids is 1. The van der Waals surface area contributed by atoms with E-state index in [1.165, 1.54) is 0 Å². The van der Waals surface area contributed by atoms with Gasteiger partial charge >= 0.3 is 5.97 Å². The number of nitrogens with one attached hydrogen (secondary N) is 1. The summed E-state index contributed by atoms with van der Waals surface area (Å²) in [6.07, 6.45) is 3.97. The number of aromatic carboxylic acids is 1. The van der Waals surface area contributed by atoms with Crippen LogP contribution in [0.15, 0.2) is 30.4 Å². The molecule has 1 aromatic carbocycles. The molecular weight excluding hydrogens is 190 g/mol. The summed E-state index contributed by atoms with van der Waals surface area (Å²) in [7, 11) is 0. The minimum Gasteiger partial charge on any atom is -0.478 e. The Balaban J connectivity index is 2.79. The van der Waals surface area contributed by atoms with Gasteiger partial charge in [-0.05, 0) is 37.6 Å². The standard InChI is InChI=1S/C12H15NO2/c1-3-4-7-13-11-6-5-10(12(14)15)8-9(11)2/h3-6,8,13H,7H2,1-2H3,(H,14,15)/b4-3+. The Morgan fingerprint density at radius 3 is 2.80 bits per heavy atom. The Bertz CT molecular complexity index is 383. The van der Waals surface area contributed by atoms with Gasteiger partial charge in [0, 0.05) is 12.2 Å². The zero-order chi connectivity index (χ0) is 11.3. The maximum absolute atomic E-state index is 10.7. The van der Waals surface area contributed by atoms with E-state index in [4.69, 9.17) is 5.11 Å². The maximum Gasteiger partial charge on any atom is 0.335 e. The van der Waals surface area contributed by atoms with E-state index in [0.29, 0.717) is 5.56 Å². The minimum atomic E-state index is -0.891. The number of aryl methyl sites for hydroxylation is 1. The number of allylic oxidation sites excluding steroid dienone is 1. The predicted octanol–water partition coefficient (Wildman–Crippen LogP) is 2.68. The van der Waals surface area contributed by atoms with Crippen LogP contribution in [0.3, 0.4) is 0 Å². The molecule has 0 aromatic heterocycles. The van der Waals surface area contributed by atoms with Gasteiger partial charge in [0.25, 0.3) is 0 Å². The van der Waals surface area contributed by atoms with Gasteiger partial charge in [0.2, 0.25) is 0 Å². The van der Waals surface area contributed by atoms with Crippen molar-refractivity contribution in [1.29, 1.82) is 0 Å². The number of benzene rings is 1. The highest BCUT2D eigenvalue weighted by Crippen LogP contribution is 2.16. The molecule has 15 heavy (non-hydrogen) atoms. The summed E-state index contributed by atoms with van der Waals surface area (Å²) >= 11 is 0. The molecule has 0 spiro atoms. The van der Waals surface area contributed by atoms with Crippen LogP contribution in [0.1, 0.15) is 22.8 Å². The smallest absolute Gasteiger partial charge is 0.335 e. The Morgan fingerprint density at radius 1 is 1.53 bits per heavy atom. The zero-order valence-electron chi connectivity index (χ0n) is 8.95. The predicted molar refractivity (Wildman–Crippen MR) is 61.4 cm³/mol. The molecule has 0 aliphatic carbocycles. The quantitative estimate of drug-likeness (QED) is 0.743. The van der Waals surface area contributed by atoms with Crippen LogP contribution in [0.5, 0.6) is 0 Å². The molecule has 0 unspecified atom stereocenters. The first-order valence-electron chi connectivity index (χ1n) is 4.84. The SMILES string of the molecule is C/C=C/CNc1ccc(C(=O)O)cc1C. The minimum absolute atomic E-state index is 0.323. The Kier molecular flexibility index (Phi) is 3.92. The van der Waals surface area contributed by atoms with Crippen LogP contribution < -0.4 is 5.32 Å². The highest BCUT2D eigenvalue weighted by Gasteiger charge is 2.04. The molecule has 0 fully saturated rings. The molecule has 0 atom stereocenters. The third kappa shape index (κ3) is 3.13. The summed E-state index contributed by atoms with van der Waals surface area (Å²) in [5.74, 6) is -0.891. The van der Waals surface area contributed by atoms with Gasteiger partial charge in [-0.15, -0.1) is 0 Å². The lowest BCUT2D eigenvalue weighted by molar-refractivity contribution is 0.0697. The van der Waals surface area contributed by atoms with E-state index >= 15 is 0 Å². The molecule has 0 aliphatic heterocycles. The molecular formula is C12H15NO2. The topological polar surface area (TPSA) is 49.3 Å². The summed E-state index contributed by atoms with van der Waals surface area (Å²) in [6.45, 7) is 4.61. The van der Waals surface area contributed by atoms with Crippen LogP contribution >= 0.6 is 0 Å². The molecule has 0 radical (unpaired) electrons. The molecule has 1 aromatic rings. The molecule has 0 saturated carbocycles. The van der Waals surface area contributed by atoms with Crippen molar-refractivity contribution in [2.75, 3.05) is 11.9 Å². The van der Waals surface area contributed by atoms with Gasteiger partial charge in [0.1, 0.15) is 0 Å². The van der Waals surface area contributed by atoms with Crippen LogP contribution in [-0.2, 0) is 0 Å². The van der Waals surface area contributed by atoms with Crippen molar-refractivity contribution >= 4 is 11.7 Å². The number of anilines is 1. The summed E-state index contributed by atoms with van der Waals surface area (Å²) in [6, 6.07) is 5.07. The van der Waals surface area contributed by atoms with Crippen LogP contribution in [-0.4, -0.2) is 17.6 Å². The average molecular weight is 205 g/mol. The maximum atomic E-state index is 10.7. The first-order chi connectivity index (χ1) is 7.15. The van der Waals surface area contributed by atoms with E-state index < -0.39 is 5.97 Å². The second-order valence-corrected chi connectivity index (χ2v) is 3.28.